The largest absolute Gasteiger partial charge is 0.244 e. The number of benzene rings is 19. The van der Waals surface area contributed by atoms with Gasteiger partial charge in [-0.15, -0.1) is 34.0 Å². The highest BCUT2D eigenvalue weighted by atomic mass is 32.1. The molecule has 25 aromatic rings. The molecule has 0 unspecified atom stereocenters. The van der Waals surface area contributed by atoms with Crippen LogP contribution >= 0.6 is 34.0 Å². The molecule has 0 saturated heterocycles. The molecule has 676 valence electrons. The Kier molecular flexibility index (Phi) is 19.6. The van der Waals surface area contributed by atoms with Crippen molar-refractivity contribution in [3.63, 3.8) is 0 Å². The molecular formula is C132H100N6S3. The molecule has 6 heterocycles. The summed E-state index contributed by atoms with van der Waals surface area (Å²) in [5, 5.41) is 18.0. The highest BCUT2D eigenvalue weighted by Crippen LogP contribution is 2.63. The van der Waals surface area contributed by atoms with Crippen molar-refractivity contribution < 1.29 is 0 Å². The molecule has 0 fully saturated rings. The lowest BCUT2D eigenvalue weighted by molar-refractivity contribution is 0.299. The molecule has 0 spiro atoms. The second kappa shape index (κ2) is 32.1. The Morgan fingerprint density at radius 3 is 1.28 bits per heavy atom. The molecular weight excluding hydrogens is 1770 g/mol. The van der Waals surface area contributed by atoms with Crippen LogP contribution in [-0.4, -0.2) is 29.9 Å². The fourth-order valence-corrected chi connectivity index (χ4v) is 27.3. The summed E-state index contributed by atoms with van der Waals surface area (Å²) in [4.78, 5) is 31.1. The summed E-state index contributed by atoms with van der Waals surface area (Å²) in [6.45, 7) is 29.1. The maximum Gasteiger partial charge on any atom is 0.160 e. The number of fused-ring (bicyclic) bond motifs is 30. The van der Waals surface area contributed by atoms with E-state index in [0.29, 0.717) is 0 Å². The quantitative estimate of drug-likeness (QED) is 0.158. The van der Waals surface area contributed by atoms with Crippen LogP contribution in [0.5, 0.6) is 0 Å². The maximum absolute atomic E-state index is 5.27. The van der Waals surface area contributed by atoms with Crippen LogP contribution in [0.25, 0.3) is 238 Å². The number of hydrogen-bond donors (Lipinski definition) is 0. The number of nitrogens with zero attached hydrogens (tertiary/aromatic N) is 6. The van der Waals surface area contributed by atoms with Crippen LogP contribution in [0.1, 0.15) is 116 Å². The Morgan fingerprint density at radius 2 is 0.624 bits per heavy atom. The first-order valence-electron chi connectivity index (χ1n) is 49.1. The SMILES string of the molecule is CC1(C)c2cc(-c3nc(-c4ccccc4)c4ccccc4n3)ccc2-c2c(ccc3c2sc2ccc4ccccc4c23)C1(C)C.CC1(C)c2cc3sc4ccc(-c5ccc6nc(-c7ccccc7)c(-c7ccccc7)nc6c5)cc4c3cc2-c2ccc3ccccc3c2C1(C)C.CC1(C)c2ccccc2-c2c(c3sc4ccc(-c5nc(-c6ccccc6)c6ccccc6n5)cc4c3c3ccccc23)C1(C)C. The van der Waals surface area contributed by atoms with Gasteiger partial charge in [-0.05, 0) is 205 Å². The Labute approximate surface area is 832 Å². The zero-order chi connectivity index (χ0) is 95.5. The third kappa shape index (κ3) is 13.2. The van der Waals surface area contributed by atoms with E-state index in [1.54, 1.807) is 0 Å². The third-order valence-electron chi connectivity index (χ3n) is 33.0. The normalized spacial score (nSPS) is 14.9. The van der Waals surface area contributed by atoms with Gasteiger partial charge in [0.25, 0.3) is 0 Å². The highest BCUT2D eigenvalue weighted by molar-refractivity contribution is 7.27. The van der Waals surface area contributed by atoms with Gasteiger partial charge in [0.15, 0.2) is 11.6 Å². The zero-order valence-electron chi connectivity index (χ0n) is 80.9. The average molecular weight is 1870 g/mol. The van der Waals surface area contributed by atoms with E-state index in [-0.39, 0.29) is 32.5 Å². The first-order chi connectivity index (χ1) is 68.4. The molecule has 0 aliphatic heterocycles. The second-order valence-corrected chi connectivity index (χ2v) is 45.0. The fourth-order valence-electron chi connectivity index (χ4n) is 23.5. The molecule has 0 amide bonds. The molecule has 3 aliphatic carbocycles. The van der Waals surface area contributed by atoms with Gasteiger partial charge in [-0.25, -0.2) is 29.9 Å². The molecule has 3 aliphatic rings. The van der Waals surface area contributed by atoms with Gasteiger partial charge in [0.05, 0.1) is 44.8 Å². The van der Waals surface area contributed by atoms with Crippen LogP contribution in [0, 0.1) is 0 Å². The van der Waals surface area contributed by atoms with Crippen molar-refractivity contribution in [3.8, 4) is 112 Å². The number of thiophene rings is 3. The molecule has 6 aromatic heterocycles. The van der Waals surface area contributed by atoms with E-state index in [0.717, 1.165) is 106 Å². The van der Waals surface area contributed by atoms with Gasteiger partial charge >= 0.3 is 0 Å². The van der Waals surface area contributed by atoms with E-state index >= 15 is 0 Å². The van der Waals surface area contributed by atoms with E-state index in [4.69, 9.17) is 29.9 Å². The first kappa shape index (κ1) is 86.0. The Hall–Kier alpha value is -15.4. The molecule has 0 N–H and O–H groups in total. The van der Waals surface area contributed by atoms with E-state index in [9.17, 15) is 0 Å². The number of para-hydroxylation sites is 2. The lowest BCUT2D eigenvalue weighted by atomic mass is 9.54. The minimum atomic E-state index is -0.124. The number of rotatable bonds is 7. The van der Waals surface area contributed by atoms with E-state index in [2.05, 4.69) is 453 Å². The second-order valence-electron chi connectivity index (χ2n) is 41.8. The minimum Gasteiger partial charge on any atom is -0.244 e. The highest BCUT2D eigenvalue weighted by Gasteiger charge is 2.51. The van der Waals surface area contributed by atoms with Gasteiger partial charge in [-0.1, -0.05) is 392 Å². The Bertz CT molecular complexity index is 9550. The third-order valence-corrected chi connectivity index (χ3v) is 36.5. The van der Waals surface area contributed by atoms with Crippen LogP contribution < -0.4 is 0 Å². The minimum absolute atomic E-state index is 0.0416. The molecule has 141 heavy (non-hydrogen) atoms. The maximum atomic E-state index is 5.27. The summed E-state index contributed by atoms with van der Waals surface area (Å²) < 4.78 is 8.07. The lowest BCUT2D eigenvalue weighted by Gasteiger charge is -2.49. The van der Waals surface area contributed by atoms with Gasteiger partial charge in [-0.2, -0.15) is 0 Å². The van der Waals surface area contributed by atoms with E-state index in [1.165, 1.54) is 165 Å². The number of hydrogen-bond acceptors (Lipinski definition) is 9. The fraction of sp³-hybridized carbons (Fsp3) is 0.136. The summed E-state index contributed by atoms with van der Waals surface area (Å²) in [5.74, 6) is 1.52. The standard InChI is InChI=1S/C48H36N2S.2C42H32N2S/c1-47(2)39-28-43-38(27-36(39)35-22-19-29-13-11-12-18-34(29)44(35)48(47,3)4)37-25-32(21-24-42(37)51-43)33-20-23-40-41(26-33)50-46(31-16-9-6-10-17-31)45(49-40)30-14-7-5-8-15-30;1-41(2)32-20-12-10-18-29(32)35-27-16-8-9-17-28(27)36-31-24-26(22-23-34(31)45-39(36)37(35)42(41,3)4)40-43-33-21-13-11-19-30(33)38(44-40)25-14-6-5-7-15-25;1-41(2)32-22-21-31-36-28-15-9-8-12-25(28)19-23-35(36)45-39(31)37(32)29-20-18-27(24-33(29)42(41,3)4)40-43-34-17-11-10-16-30(34)38(44-40)26-13-6-5-7-14-26/h5-28H,1-4H3;2*5-24H,1-4H3. The van der Waals surface area contributed by atoms with Crippen LogP contribution in [-0.2, 0) is 32.5 Å². The van der Waals surface area contributed by atoms with Crippen molar-refractivity contribution in [3.05, 3.63) is 422 Å². The summed E-state index contributed by atoms with van der Waals surface area (Å²) in [5.41, 5.74) is 32.5. The summed E-state index contributed by atoms with van der Waals surface area (Å²) >= 11 is 5.77. The predicted octanol–water partition coefficient (Wildman–Crippen LogP) is 36.8. The molecule has 0 radical (unpaired) electrons. The van der Waals surface area contributed by atoms with Gasteiger partial charge in [0.1, 0.15) is 0 Å². The first-order valence-corrected chi connectivity index (χ1v) is 51.6. The molecule has 0 atom stereocenters. The van der Waals surface area contributed by atoms with Crippen molar-refractivity contribution in [2.75, 3.05) is 0 Å². The van der Waals surface area contributed by atoms with Crippen molar-refractivity contribution >= 4 is 160 Å². The van der Waals surface area contributed by atoms with Crippen LogP contribution in [0.4, 0.5) is 0 Å². The molecule has 0 bridgehead atoms. The van der Waals surface area contributed by atoms with Crippen molar-refractivity contribution in [2.45, 2.75) is 116 Å². The van der Waals surface area contributed by atoms with Gasteiger partial charge < -0.3 is 0 Å². The average Bonchev–Trinajstić information content (AvgIpc) is 1.63. The topological polar surface area (TPSA) is 77.3 Å². The Morgan fingerprint density at radius 1 is 0.184 bits per heavy atom. The van der Waals surface area contributed by atoms with Gasteiger partial charge in [0.2, 0.25) is 0 Å². The molecule has 28 rings (SSSR count). The van der Waals surface area contributed by atoms with E-state index < -0.39 is 0 Å². The smallest absolute Gasteiger partial charge is 0.160 e. The summed E-state index contributed by atoms with van der Waals surface area (Å²) in [7, 11) is 0. The Balaban J connectivity index is 0.000000109. The molecule has 9 heteroatoms. The van der Waals surface area contributed by atoms with Crippen LogP contribution in [0.2, 0.25) is 0 Å². The zero-order valence-corrected chi connectivity index (χ0v) is 83.3. The monoisotopic (exact) mass is 1860 g/mol. The number of aromatic nitrogens is 6. The van der Waals surface area contributed by atoms with Crippen molar-refractivity contribution in [2.24, 2.45) is 0 Å². The van der Waals surface area contributed by atoms with Crippen LogP contribution in [0.3, 0.4) is 0 Å². The van der Waals surface area contributed by atoms with Gasteiger partial charge in [-0.3, -0.25) is 0 Å². The molecule has 19 aromatic carbocycles. The summed E-state index contributed by atoms with van der Waals surface area (Å²) in [6.07, 6.45) is 0. The van der Waals surface area contributed by atoms with Crippen molar-refractivity contribution in [1.29, 1.82) is 0 Å². The summed E-state index contributed by atoms with van der Waals surface area (Å²) in [6, 6.07) is 140. The van der Waals surface area contributed by atoms with Gasteiger partial charge in [0, 0.05) is 121 Å². The van der Waals surface area contributed by atoms with Crippen molar-refractivity contribution in [1.82, 2.24) is 29.9 Å². The predicted molar refractivity (Wildman–Crippen MR) is 602 cm³/mol. The molecule has 0 saturated carbocycles. The van der Waals surface area contributed by atoms with E-state index in [1.807, 2.05) is 52.2 Å². The lowest BCUT2D eigenvalue weighted by Crippen LogP contribution is -2.43. The van der Waals surface area contributed by atoms with Crippen LogP contribution in [0.15, 0.2) is 388 Å². The molecule has 6 nitrogen and oxygen atoms in total.